The number of aryl methyl sites for hydroxylation is 1. The molecule has 7 nitrogen and oxygen atoms in total. The minimum absolute atomic E-state index is 0. The molecule has 0 spiro atoms. The Labute approximate surface area is 226 Å². The number of para-hydroxylation sites is 1. The Bertz CT molecular complexity index is 1120. The van der Waals surface area contributed by atoms with E-state index in [2.05, 4.69) is 40.1 Å². The van der Waals surface area contributed by atoms with Gasteiger partial charge in [-0.15, -0.1) is 0 Å². The Morgan fingerprint density at radius 3 is 2.35 bits per heavy atom. The van der Waals surface area contributed by atoms with Crippen LogP contribution in [-0.4, -0.2) is 43.3 Å². The second kappa shape index (κ2) is 19.5. The number of H-pyrrole nitrogens is 1. The molecule has 0 unspecified atom stereocenters. The second-order valence-corrected chi connectivity index (χ2v) is 7.88. The van der Waals surface area contributed by atoms with Crippen LogP contribution in [0.3, 0.4) is 0 Å². The van der Waals surface area contributed by atoms with Crippen molar-refractivity contribution in [3.63, 3.8) is 0 Å². The van der Waals surface area contributed by atoms with Gasteiger partial charge in [-0.25, -0.2) is 4.98 Å². The van der Waals surface area contributed by atoms with Crippen LogP contribution >= 0.6 is 0 Å². The summed E-state index contributed by atoms with van der Waals surface area (Å²) >= 11 is 0. The largest absolute Gasteiger partial charge is 0.388 e. The van der Waals surface area contributed by atoms with Crippen LogP contribution in [-0.2, 0) is 11.2 Å². The van der Waals surface area contributed by atoms with Gasteiger partial charge >= 0.3 is 0 Å². The molecule has 1 aromatic carbocycles. The topological polar surface area (TPSA) is 83.1 Å². The molecule has 2 N–H and O–H groups in total. The van der Waals surface area contributed by atoms with E-state index in [0.717, 1.165) is 29.7 Å². The highest BCUT2D eigenvalue weighted by Gasteiger charge is 2.17. The first-order valence-electron chi connectivity index (χ1n) is 12.5. The van der Waals surface area contributed by atoms with Crippen molar-refractivity contribution in [2.75, 3.05) is 38.5 Å². The standard InChI is InChI=1S/C20H26N4O.C6H7N.C2H6O.C2H6.2H2/c1-6-10-14(3)18-19(24(5)7-2)20(25)23-17(22-18)13-15-11-8-9-12-16(15)21-4;1-6-3-2-4-7-5-6;1-3-2;1-2;;/h7-9,11-12,21H,2-3,6,10,13H2,1,4-5H3,(H,22,23,25);2-5H,1H3;1-2H3;1-2H3;2*1H. The average molecular weight is 512 g/mol. The van der Waals surface area contributed by atoms with E-state index in [-0.39, 0.29) is 8.41 Å². The molecule has 3 rings (SSSR count). The van der Waals surface area contributed by atoms with Gasteiger partial charge in [0.05, 0.1) is 5.69 Å². The third-order valence-electron chi connectivity index (χ3n) is 4.91. The number of hydrogen-bond donors (Lipinski definition) is 2. The highest BCUT2D eigenvalue weighted by Crippen LogP contribution is 2.25. The van der Waals surface area contributed by atoms with Crippen molar-refractivity contribution in [1.29, 1.82) is 0 Å². The normalized spacial score (nSPS) is 9.30. The summed E-state index contributed by atoms with van der Waals surface area (Å²) in [6.45, 7) is 16.0. The lowest BCUT2D eigenvalue weighted by atomic mass is 10.1. The molecule has 2 aromatic heterocycles. The van der Waals surface area contributed by atoms with E-state index < -0.39 is 0 Å². The molecule has 0 saturated carbocycles. The highest BCUT2D eigenvalue weighted by molar-refractivity contribution is 5.72. The number of ether oxygens (including phenoxy) is 1. The van der Waals surface area contributed by atoms with Crippen molar-refractivity contribution in [2.24, 2.45) is 0 Å². The summed E-state index contributed by atoms with van der Waals surface area (Å²) in [6, 6.07) is 11.9. The van der Waals surface area contributed by atoms with Gasteiger partial charge in [-0.2, -0.15) is 0 Å². The summed E-state index contributed by atoms with van der Waals surface area (Å²) in [5.74, 6) is 0.626. The molecular formula is C30H49N5O2. The Morgan fingerprint density at radius 1 is 1.22 bits per heavy atom. The lowest BCUT2D eigenvalue weighted by molar-refractivity contribution is 0.277. The number of benzene rings is 1. The maximum atomic E-state index is 12.7. The Hall–Kier alpha value is -3.71. The van der Waals surface area contributed by atoms with Crippen molar-refractivity contribution < 1.29 is 7.59 Å². The molecule has 206 valence electrons. The van der Waals surface area contributed by atoms with Crippen molar-refractivity contribution >= 4 is 16.9 Å². The Balaban J connectivity index is -0.000000777. The molecule has 0 saturated heterocycles. The zero-order valence-electron chi connectivity index (χ0n) is 23.9. The second-order valence-electron chi connectivity index (χ2n) is 7.88. The zero-order chi connectivity index (χ0) is 28.2. The van der Waals surface area contributed by atoms with Gasteiger partial charge in [-0.05, 0) is 48.4 Å². The fourth-order valence-electron chi connectivity index (χ4n) is 3.23. The number of nitrogens with one attached hydrogen (secondary N) is 2. The number of nitrogens with zero attached hydrogens (tertiary/aromatic N) is 3. The number of aromatic amines is 1. The third kappa shape index (κ3) is 11.7. The summed E-state index contributed by atoms with van der Waals surface area (Å²) in [7, 11) is 6.92. The SMILES string of the molecule is C=CN(C)c1c(C(=C)CCC)nc(Cc2ccccc2NC)[nH]c1=O.CC.COC.Cc1cccnc1.[HH].[HH]. The smallest absolute Gasteiger partial charge is 0.275 e. The van der Waals surface area contributed by atoms with E-state index in [1.807, 2.05) is 70.4 Å². The minimum atomic E-state index is -0.179. The maximum absolute atomic E-state index is 12.7. The fraction of sp³-hybridized carbons (Fsp3) is 0.367. The van der Waals surface area contributed by atoms with Crippen LogP contribution in [0.2, 0.25) is 0 Å². The Kier molecular flexibility index (Phi) is 17.5. The molecule has 0 atom stereocenters. The molecule has 0 amide bonds. The maximum Gasteiger partial charge on any atom is 0.275 e. The molecule has 2 heterocycles. The molecule has 0 fully saturated rings. The van der Waals surface area contributed by atoms with Gasteiger partial charge in [0.2, 0.25) is 0 Å². The highest BCUT2D eigenvalue weighted by atomic mass is 16.4. The molecule has 3 aromatic rings. The molecule has 37 heavy (non-hydrogen) atoms. The van der Waals surface area contributed by atoms with E-state index in [4.69, 9.17) is 4.98 Å². The van der Waals surface area contributed by atoms with Crippen LogP contribution in [0.15, 0.2) is 72.9 Å². The van der Waals surface area contributed by atoms with Crippen LogP contribution < -0.4 is 15.8 Å². The number of rotatable bonds is 8. The van der Waals surface area contributed by atoms with Gasteiger partial charge in [0, 0.05) is 55.7 Å². The van der Waals surface area contributed by atoms with Gasteiger partial charge in [-0.3, -0.25) is 9.78 Å². The van der Waals surface area contributed by atoms with Gasteiger partial charge in [0.25, 0.3) is 5.56 Å². The molecular weight excluding hydrogens is 462 g/mol. The van der Waals surface area contributed by atoms with Crippen LogP contribution in [0.25, 0.3) is 5.57 Å². The number of aromatic nitrogens is 3. The lowest BCUT2D eigenvalue weighted by Crippen LogP contribution is -2.24. The summed E-state index contributed by atoms with van der Waals surface area (Å²) in [5, 5.41) is 3.17. The first kappa shape index (κ1) is 33.3. The van der Waals surface area contributed by atoms with Gasteiger partial charge in [-0.1, -0.05) is 64.6 Å². The van der Waals surface area contributed by atoms with Gasteiger partial charge in [0.15, 0.2) is 0 Å². The van der Waals surface area contributed by atoms with Crippen molar-refractivity contribution in [3.8, 4) is 0 Å². The number of allylic oxidation sites excluding steroid dienone is 1. The Morgan fingerprint density at radius 2 is 1.86 bits per heavy atom. The average Bonchev–Trinajstić information content (AvgIpc) is 2.91. The molecule has 0 bridgehead atoms. The molecule has 0 aliphatic carbocycles. The molecule has 0 radical (unpaired) electrons. The predicted molar refractivity (Wildman–Crippen MR) is 164 cm³/mol. The van der Waals surface area contributed by atoms with Crippen LogP contribution in [0.5, 0.6) is 0 Å². The number of pyridine rings is 1. The number of anilines is 2. The third-order valence-corrected chi connectivity index (χ3v) is 4.91. The van der Waals surface area contributed by atoms with Crippen LogP contribution in [0, 0.1) is 6.92 Å². The quantitative estimate of drug-likeness (QED) is 0.340. The van der Waals surface area contributed by atoms with Crippen molar-refractivity contribution in [3.05, 3.63) is 101 Å². The first-order chi connectivity index (χ1) is 17.8. The van der Waals surface area contributed by atoms with Gasteiger partial charge < -0.3 is 19.9 Å². The zero-order valence-corrected chi connectivity index (χ0v) is 23.9. The first-order valence-corrected chi connectivity index (χ1v) is 12.5. The fourth-order valence-corrected chi connectivity index (χ4v) is 3.23. The van der Waals surface area contributed by atoms with Gasteiger partial charge in [0.1, 0.15) is 11.5 Å². The summed E-state index contributed by atoms with van der Waals surface area (Å²) < 4.78 is 4.25. The van der Waals surface area contributed by atoms with Crippen molar-refractivity contribution in [1.82, 2.24) is 15.0 Å². The molecule has 0 aliphatic heterocycles. The monoisotopic (exact) mass is 511 g/mol. The summed E-state index contributed by atoms with van der Waals surface area (Å²) in [4.78, 5) is 25.9. The molecule has 7 heteroatoms. The number of methoxy groups -OCH3 is 1. The predicted octanol–water partition coefficient (Wildman–Crippen LogP) is 6.97. The van der Waals surface area contributed by atoms with E-state index in [1.54, 1.807) is 38.6 Å². The van der Waals surface area contributed by atoms with E-state index in [0.29, 0.717) is 23.6 Å². The van der Waals surface area contributed by atoms with Crippen LogP contribution in [0.4, 0.5) is 11.4 Å². The van der Waals surface area contributed by atoms with Crippen LogP contribution in [0.1, 0.15) is 59.1 Å². The summed E-state index contributed by atoms with van der Waals surface area (Å²) in [6.07, 6.45) is 7.48. The van der Waals surface area contributed by atoms with E-state index >= 15 is 0 Å². The minimum Gasteiger partial charge on any atom is -0.388 e. The summed E-state index contributed by atoms with van der Waals surface area (Å²) in [5.41, 5.74) is 5.12. The van der Waals surface area contributed by atoms with E-state index in [1.165, 1.54) is 5.56 Å². The van der Waals surface area contributed by atoms with E-state index in [9.17, 15) is 4.79 Å². The van der Waals surface area contributed by atoms with Crippen molar-refractivity contribution in [2.45, 2.75) is 47.0 Å². The number of hydrogen-bond acceptors (Lipinski definition) is 6. The lowest BCUT2D eigenvalue weighted by Gasteiger charge is -2.18. The molecule has 0 aliphatic rings.